The molecule has 0 aromatic carbocycles. The van der Waals surface area contributed by atoms with Gasteiger partial charge < -0.3 is 10.4 Å². The van der Waals surface area contributed by atoms with E-state index in [1.807, 2.05) is 27.1 Å². The van der Waals surface area contributed by atoms with Crippen LogP contribution in [0.4, 0.5) is 0 Å². The Morgan fingerprint density at radius 3 is 3.00 bits per heavy atom. The molecule has 0 saturated heterocycles. The van der Waals surface area contributed by atoms with Crippen LogP contribution in [-0.2, 0) is 13.6 Å². The Balaban J connectivity index is 2.08. The third-order valence-electron chi connectivity index (χ3n) is 3.10. The Morgan fingerprint density at radius 2 is 2.28 bits per heavy atom. The highest BCUT2D eigenvalue weighted by Gasteiger charge is 2.07. The molecule has 0 aliphatic rings. The Hall–Kier alpha value is -1.46. The van der Waals surface area contributed by atoms with E-state index >= 15 is 0 Å². The summed E-state index contributed by atoms with van der Waals surface area (Å²) in [7, 11) is 1.90. The van der Waals surface area contributed by atoms with Crippen LogP contribution in [0.2, 0.25) is 0 Å². The van der Waals surface area contributed by atoms with E-state index in [1.54, 1.807) is 4.68 Å². The van der Waals surface area contributed by atoms with Crippen LogP contribution in [0, 0.1) is 6.92 Å². The predicted octanol–water partition coefficient (Wildman–Crippen LogP) is 1.14. The summed E-state index contributed by atoms with van der Waals surface area (Å²) in [6.07, 6.45) is 2.35. The third-order valence-corrected chi connectivity index (χ3v) is 3.10. The van der Waals surface area contributed by atoms with Crippen LogP contribution in [0.15, 0.2) is 12.3 Å². The second-order valence-electron chi connectivity index (χ2n) is 4.62. The molecule has 0 spiro atoms. The Labute approximate surface area is 107 Å². The molecule has 5 nitrogen and oxygen atoms in total. The molecule has 0 fully saturated rings. The number of hydrogen-bond donors (Lipinski definition) is 2. The summed E-state index contributed by atoms with van der Waals surface area (Å²) in [6, 6.07) is 2.11. The van der Waals surface area contributed by atoms with Gasteiger partial charge in [-0.3, -0.25) is 4.68 Å². The van der Waals surface area contributed by atoms with Gasteiger partial charge in [0.2, 0.25) is 0 Å². The number of aromatic nitrogens is 3. The maximum atomic E-state index is 9.46. The molecule has 18 heavy (non-hydrogen) atoms. The molecule has 2 aromatic heterocycles. The minimum Gasteiger partial charge on any atom is -0.392 e. The maximum Gasteiger partial charge on any atom is 0.157 e. The minimum atomic E-state index is -0.276. The van der Waals surface area contributed by atoms with Gasteiger partial charge in [-0.2, -0.15) is 5.10 Å². The van der Waals surface area contributed by atoms with Gasteiger partial charge in [-0.05, 0) is 25.0 Å². The fraction of sp³-hybridized carbons (Fsp3) is 0.538. The molecule has 2 aromatic rings. The molecule has 2 N–H and O–H groups in total. The molecule has 5 heteroatoms. The van der Waals surface area contributed by atoms with Crippen LogP contribution in [0.25, 0.3) is 11.0 Å². The van der Waals surface area contributed by atoms with Crippen molar-refractivity contribution in [1.82, 2.24) is 20.1 Å². The number of aliphatic hydroxyl groups is 1. The summed E-state index contributed by atoms with van der Waals surface area (Å²) in [5.41, 5.74) is 3.02. The molecule has 2 rings (SSSR count). The van der Waals surface area contributed by atoms with Crippen molar-refractivity contribution in [2.75, 3.05) is 6.54 Å². The summed E-state index contributed by atoms with van der Waals surface area (Å²) < 4.78 is 1.79. The van der Waals surface area contributed by atoms with Gasteiger partial charge in [0.1, 0.15) is 0 Å². The fourth-order valence-electron chi connectivity index (χ4n) is 1.98. The number of fused-ring (bicyclic) bond motifs is 1. The number of rotatable bonds is 5. The van der Waals surface area contributed by atoms with Crippen molar-refractivity contribution in [2.24, 2.45) is 7.05 Å². The quantitative estimate of drug-likeness (QED) is 0.833. The van der Waals surface area contributed by atoms with Crippen LogP contribution in [0.3, 0.4) is 0 Å². The first kappa shape index (κ1) is 13.0. The van der Waals surface area contributed by atoms with Crippen molar-refractivity contribution >= 4 is 11.0 Å². The van der Waals surface area contributed by atoms with E-state index in [1.165, 1.54) is 0 Å². The van der Waals surface area contributed by atoms with Crippen molar-refractivity contribution in [1.29, 1.82) is 0 Å². The minimum absolute atomic E-state index is 0.276. The van der Waals surface area contributed by atoms with Crippen molar-refractivity contribution < 1.29 is 5.11 Å². The zero-order valence-electron chi connectivity index (χ0n) is 11.1. The molecule has 0 bridgehead atoms. The Kier molecular flexibility index (Phi) is 3.93. The van der Waals surface area contributed by atoms with Gasteiger partial charge in [0.15, 0.2) is 5.65 Å². The zero-order chi connectivity index (χ0) is 13.1. The van der Waals surface area contributed by atoms with E-state index in [2.05, 4.69) is 21.5 Å². The van der Waals surface area contributed by atoms with E-state index in [0.29, 0.717) is 13.1 Å². The first-order valence-corrected chi connectivity index (χ1v) is 6.28. The summed E-state index contributed by atoms with van der Waals surface area (Å²) in [4.78, 5) is 4.42. The van der Waals surface area contributed by atoms with E-state index in [4.69, 9.17) is 0 Å². The predicted molar refractivity (Wildman–Crippen MR) is 71.3 cm³/mol. The number of aliphatic hydroxyl groups excluding tert-OH is 1. The third kappa shape index (κ3) is 2.68. The average molecular weight is 248 g/mol. The number of nitrogens with zero attached hydrogens (tertiary/aromatic N) is 3. The zero-order valence-corrected chi connectivity index (χ0v) is 11.1. The fourth-order valence-corrected chi connectivity index (χ4v) is 1.98. The first-order chi connectivity index (χ1) is 8.61. The van der Waals surface area contributed by atoms with Gasteiger partial charge >= 0.3 is 0 Å². The lowest BCUT2D eigenvalue weighted by atomic mass is 10.2. The van der Waals surface area contributed by atoms with E-state index in [0.717, 1.165) is 28.7 Å². The van der Waals surface area contributed by atoms with Crippen LogP contribution in [0.1, 0.15) is 24.6 Å². The molecule has 0 amide bonds. The maximum absolute atomic E-state index is 9.46. The largest absolute Gasteiger partial charge is 0.392 e. The van der Waals surface area contributed by atoms with Gasteiger partial charge in [-0.1, -0.05) is 6.92 Å². The highest BCUT2D eigenvalue weighted by Crippen LogP contribution is 2.16. The smallest absolute Gasteiger partial charge is 0.157 e. The molecule has 0 saturated carbocycles. The van der Waals surface area contributed by atoms with Crippen molar-refractivity contribution in [2.45, 2.75) is 32.9 Å². The molecule has 0 radical (unpaired) electrons. The van der Waals surface area contributed by atoms with Crippen molar-refractivity contribution in [3.63, 3.8) is 0 Å². The molecular formula is C13H20N4O. The van der Waals surface area contributed by atoms with Gasteiger partial charge in [-0.15, -0.1) is 0 Å². The lowest BCUT2D eigenvalue weighted by molar-refractivity contribution is 0.167. The average Bonchev–Trinajstić information content (AvgIpc) is 2.64. The first-order valence-electron chi connectivity index (χ1n) is 6.28. The molecule has 98 valence electrons. The van der Waals surface area contributed by atoms with E-state index in [-0.39, 0.29) is 6.10 Å². The van der Waals surface area contributed by atoms with Crippen molar-refractivity contribution in [3.05, 3.63) is 23.5 Å². The van der Waals surface area contributed by atoms with Gasteiger partial charge in [0, 0.05) is 31.7 Å². The summed E-state index contributed by atoms with van der Waals surface area (Å²) in [6.45, 7) is 5.29. The SMILES string of the molecule is CCC(O)CNCc1cnc2c(c1)c(C)nn2C. The lowest BCUT2D eigenvalue weighted by Crippen LogP contribution is -2.25. The summed E-state index contributed by atoms with van der Waals surface area (Å²) in [5.74, 6) is 0. The molecule has 0 aliphatic heterocycles. The highest BCUT2D eigenvalue weighted by atomic mass is 16.3. The van der Waals surface area contributed by atoms with Crippen LogP contribution < -0.4 is 5.32 Å². The van der Waals surface area contributed by atoms with Gasteiger partial charge in [0.05, 0.1) is 11.8 Å². The molecule has 1 atom stereocenters. The highest BCUT2D eigenvalue weighted by molar-refractivity contribution is 5.78. The Bertz CT molecular complexity index is 535. The van der Waals surface area contributed by atoms with Crippen molar-refractivity contribution in [3.8, 4) is 0 Å². The monoisotopic (exact) mass is 248 g/mol. The van der Waals surface area contributed by atoms with E-state index in [9.17, 15) is 5.11 Å². The van der Waals surface area contributed by atoms with Crippen LogP contribution in [-0.4, -0.2) is 32.5 Å². The second-order valence-corrected chi connectivity index (χ2v) is 4.62. The summed E-state index contributed by atoms with van der Waals surface area (Å²) in [5, 5.41) is 18.1. The second kappa shape index (κ2) is 5.46. The van der Waals surface area contributed by atoms with Crippen LogP contribution >= 0.6 is 0 Å². The Morgan fingerprint density at radius 1 is 1.50 bits per heavy atom. The number of hydrogen-bond acceptors (Lipinski definition) is 4. The normalized spacial score (nSPS) is 13.1. The number of nitrogens with one attached hydrogen (secondary N) is 1. The molecule has 2 heterocycles. The van der Waals surface area contributed by atoms with Crippen LogP contribution in [0.5, 0.6) is 0 Å². The molecular weight excluding hydrogens is 228 g/mol. The lowest BCUT2D eigenvalue weighted by Gasteiger charge is -2.09. The topological polar surface area (TPSA) is 63.0 Å². The molecule has 0 aliphatic carbocycles. The van der Waals surface area contributed by atoms with E-state index < -0.39 is 0 Å². The number of aryl methyl sites for hydroxylation is 2. The molecule has 1 unspecified atom stereocenters. The van der Waals surface area contributed by atoms with Gasteiger partial charge in [0.25, 0.3) is 0 Å². The van der Waals surface area contributed by atoms with Gasteiger partial charge in [-0.25, -0.2) is 4.98 Å². The standard InChI is InChI=1S/C13H20N4O/c1-4-11(18)8-14-6-10-5-12-9(2)16-17(3)13(12)15-7-10/h5,7,11,14,18H,4,6,8H2,1-3H3. The number of pyridine rings is 1. The summed E-state index contributed by atoms with van der Waals surface area (Å²) >= 11 is 0.